The Morgan fingerprint density at radius 3 is 2.41 bits per heavy atom. The minimum Gasteiger partial charge on any atom is -0.497 e. The van der Waals surface area contributed by atoms with Gasteiger partial charge in [0, 0.05) is 6.42 Å². The van der Waals surface area contributed by atoms with Gasteiger partial charge in [0.15, 0.2) is 0 Å². The molecule has 3 aromatic carbocycles. The normalized spacial score (nSPS) is 15.6. The van der Waals surface area contributed by atoms with Crippen LogP contribution in [0.3, 0.4) is 0 Å². The predicted octanol–water partition coefficient (Wildman–Crippen LogP) is 4.94. The van der Waals surface area contributed by atoms with Gasteiger partial charge in [0.25, 0.3) is 5.91 Å². The Kier molecular flexibility index (Phi) is 5.11. The van der Waals surface area contributed by atoms with Gasteiger partial charge in [-0.15, -0.1) is 0 Å². The van der Waals surface area contributed by atoms with Crippen LogP contribution in [0.2, 0.25) is 0 Å². The summed E-state index contributed by atoms with van der Waals surface area (Å²) in [4.78, 5) is 22.5. The second kappa shape index (κ2) is 8.23. The first kappa shape index (κ1) is 19.9. The van der Waals surface area contributed by atoms with Gasteiger partial charge < -0.3 is 4.74 Å². The lowest BCUT2D eigenvalue weighted by atomic mass is 9.98. The molecular weight excluding hydrogens is 400 g/mol. The number of para-hydroxylation sites is 2. The fourth-order valence-corrected chi connectivity index (χ4v) is 3.88. The average Bonchev–Trinajstić information content (AvgIpc) is 3.29. The molecule has 0 fully saturated rings. The van der Waals surface area contributed by atoms with E-state index in [4.69, 9.17) is 9.84 Å². The molecule has 1 aliphatic heterocycles. The van der Waals surface area contributed by atoms with Crippen molar-refractivity contribution in [1.82, 2.24) is 15.0 Å². The molecule has 1 atom stereocenters. The number of ether oxygens (including phenoxy) is 1. The third-order valence-corrected chi connectivity index (χ3v) is 5.67. The van der Waals surface area contributed by atoms with E-state index in [2.05, 4.69) is 29.0 Å². The maximum absolute atomic E-state index is 13.5. The van der Waals surface area contributed by atoms with Crippen molar-refractivity contribution in [3.05, 3.63) is 101 Å². The summed E-state index contributed by atoms with van der Waals surface area (Å²) >= 11 is 0. The van der Waals surface area contributed by atoms with E-state index < -0.39 is 0 Å². The van der Waals surface area contributed by atoms with Crippen LogP contribution in [-0.2, 0) is 0 Å². The molecule has 32 heavy (non-hydrogen) atoms. The second-order valence-electron chi connectivity index (χ2n) is 7.80. The SMILES string of the molecule is COc1ccc(C2CC(c3ccc(C)cc3)=NN2C(=O)c2cnc3ccccc3n2)cc1. The third-order valence-electron chi connectivity index (χ3n) is 5.67. The Bertz CT molecular complexity index is 1310. The van der Waals surface area contributed by atoms with Crippen molar-refractivity contribution in [3.8, 4) is 5.75 Å². The number of hydrogen-bond acceptors (Lipinski definition) is 5. The Balaban J connectivity index is 1.54. The van der Waals surface area contributed by atoms with E-state index in [1.165, 1.54) is 16.8 Å². The van der Waals surface area contributed by atoms with Crippen molar-refractivity contribution in [2.75, 3.05) is 7.11 Å². The summed E-state index contributed by atoms with van der Waals surface area (Å²) in [6.45, 7) is 2.05. The third kappa shape index (κ3) is 3.71. The number of aryl methyl sites for hydroxylation is 1. The van der Waals surface area contributed by atoms with E-state index >= 15 is 0 Å². The van der Waals surface area contributed by atoms with Crippen molar-refractivity contribution >= 4 is 22.7 Å². The minimum absolute atomic E-state index is 0.238. The fourth-order valence-electron chi connectivity index (χ4n) is 3.88. The molecule has 0 aliphatic carbocycles. The van der Waals surface area contributed by atoms with Crippen molar-refractivity contribution in [2.45, 2.75) is 19.4 Å². The number of fused-ring (bicyclic) bond motifs is 1. The molecule has 0 bridgehead atoms. The smallest absolute Gasteiger partial charge is 0.294 e. The number of carbonyl (C=O) groups is 1. The standard InChI is InChI=1S/C26H22N4O2/c1-17-7-9-18(10-8-17)23-15-25(19-11-13-20(32-2)14-12-19)30(29-23)26(31)24-16-27-21-5-3-4-6-22(21)28-24/h3-14,16,25H,15H2,1-2H3. The number of benzene rings is 3. The molecule has 4 aromatic rings. The molecule has 2 heterocycles. The van der Waals surface area contributed by atoms with Crippen molar-refractivity contribution in [1.29, 1.82) is 0 Å². The summed E-state index contributed by atoms with van der Waals surface area (Å²) in [6.07, 6.45) is 2.14. The van der Waals surface area contributed by atoms with Gasteiger partial charge in [0.1, 0.15) is 11.4 Å². The van der Waals surface area contributed by atoms with Crippen molar-refractivity contribution in [2.24, 2.45) is 5.10 Å². The Labute approximate surface area is 186 Å². The molecular formula is C26H22N4O2. The average molecular weight is 422 g/mol. The van der Waals surface area contributed by atoms with E-state index in [1.54, 1.807) is 7.11 Å². The molecule has 1 aromatic heterocycles. The highest BCUT2D eigenvalue weighted by Gasteiger charge is 2.34. The number of carbonyl (C=O) groups excluding carboxylic acids is 1. The monoisotopic (exact) mass is 422 g/mol. The van der Waals surface area contributed by atoms with E-state index in [-0.39, 0.29) is 17.6 Å². The minimum atomic E-state index is -0.272. The highest BCUT2D eigenvalue weighted by atomic mass is 16.5. The van der Waals surface area contributed by atoms with Gasteiger partial charge in [-0.3, -0.25) is 9.78 Å². The zero-order valence-electron chi connectivity index (χ0n) is 17.9. The largest absolute Gasteiger partial charge is 0.497 e. The molecule has 6 heteroatoms. The lowest BCUT2D eigenvalue weighted by molar-refractivity contribution is 0.0705. The molecule has 5 rings (SSSR count). The quantitative estimate of drug-likeness (QED) is 0.467. The molecule has 1 aliphatic rings. The van der Waals surface area contributed by atoms with Crippen LogP contribution >= 0.6 is 0 Å². The number of hydrazone groups is 1. The first-order valence-corrected chi connectivity index (χ1v) is 10.5. The second-order valence-corrected chi connectivity index (χ2v) is 7.80. The molecule has 0 N–H and O–H groups in total. The van der Waals surface area contributed by atoms with Gasteiger partial charge in [-0.05, 0) is 42.3 Å². The molecule has 0 saturated carbocycles. The number of aromatic nitrogens is 2. The summed E-state index contributed by atoms with van der Waals surface area (Å²) in [5, 5.41) is 6.28. The molecule has 0 radical (unpaired) electrons. The van der Waals surface area contributed by atoms with Crippen molar-refractivity contribution in [3.63, 3.8) is 0 Å². The number of methoxy groups -OCH3 is 1. The molecule has 1 amide bonds. The molecule has 0 spiro atoms. The van der Waals surface area contributed by atoms with Crippen LogP contribution in [0.1, 0.15) is 39.6 Å². The van der Waals surface area contributed by atoms with Crippen LogP contribution in [0.25, 0.3) is 11.0 Å². The van der Waals surface area contributed by atoms with Gasteiger partial charge in [-0.25, -0.2) is 9.99 Å². The van der Waals surface area contributed by atoms with E-state index in [0.717, 1.165) is 28.1 Å². The Morgan fingerprint density at radius 2 is 1.69 bits per heavy atom. The summed E-state index contributed by atoms with van der Waals surface area (Å²) in [5.41, 5.74) is 5.75. The first-order valence-electron chi connectivity index (χ1n) is 10.5. The number of nitrogens with zero attached hydrogens (tertiary/aromatic N) is 4. The van der Waals surface area contributed by atoms with E-state index in [0.29, 0.717) is 11.9 Å². The van der Waals surface area contributed by atoms with Crippen molar-refractivity contribution < 1.29 is 9.53 Å². The van der Waals surface area contributed by atoms with E-state index in [1.807, 2.05) is 60.7 Å². The zero-order valence-corrected chi connectivity index (χ0v) is 17.9. The van der Waals surface area contributed by atoms with Crippen LogP contribution in [0, 0.1) is 6.92 Å². The summed E-state index contributed by atoms with van der Waals surface area (Å²) in [7, 11) is 1.64. The summed E-state index contributed by atoms with van der Waals surface area (Å²) in [5.74, 6) is 0.496. The van der Waals surface area contributed by atoms with Gasteiger partial charge >= 0.3 is 0 Å². The van der Waals surface area contributed by atoms with Crippen LogP contribution in [0.5, 0.6) is 5.75 Å². The molecule has 6 nitrogen and oxygen atoms in total. The van der Waals surface area contributed by atoms with Gasteiger partial charge in [-0.1, -0.05) is 54.1 Å². The molecule has 158 valence electrons. The number of rotatable bonds is 4. The number of hydrogen-bond donors (Lipinski definition) is 0. The van der Waals surface area contributed by atoms with Crippen LogP contribution < -0.4 is 4.74 Å². The topological polar surface area (TPSA) is 67.7 Å². The van der Waals surface area contributed by atoms with Crippen LogP contribution in [0.15, 0.2) is 84.1 Å². The summed E-state index contributed by atoms with van der Waals surface area (Å²) in [6, 6.07) is 23.2. The van der Waals surface area contributed by atoms with Gasteiger partial charge in [0.2, 0.25) is 0 Å². The zero-order chi connectivity index (χ0) is 22.1. The first-order chi connectivity index (χ1) is 15.6. The molecule has 1 unspecified atom stereocenters. The highest BCUT2D eigenvalue weighted by molar-refractivity contribution is 6.04. The highest BCUT2D eigenvalue weighted by Crippen LogP contribution is 2.34. The Morgan fingerprint density at radius 1 is 0.969 bits per heavy atom. The van der Waals surface area contributed by atoms with Gasteiger partial charge in [0.05, 0.1) is 36.1 Å². The van der Waals surface area contributed by atoms with E-state index in [9.17, 15) is 4.79 Å². The maximum atomic E-state index is 13.5. The maximum Gasteiger partial charge on any atom is 0.294 e. The number of amides is 1. The lowest BCUT2D eigenvalue weighted by Gasteiger charge is -2.22. The summed E-state index contributed by atoms with van der Waals surface area (Å²) < 4.78 is 5.29. The van der Waals surface area contributed by atoms with Gasteiger partial charge in [-0.2, -0.15) is 5.10 Å². The lowest BCUT2D eigenvalue weighted by Crippen LogP contribution is -2.28. The fraction of sp³-hybridized carbons (Fsp3) is 0.154. The van der Waals surface area contributed by atoms with Crippen LogP contribution in [0.4, 0.5) is 0 Å². The predicted molar refractivity (Wildman–Crippen MR) is 124 cm³/mol. The van der Waals surface area contributed by atoms with Crippen LogP contribution in [-0.4, -0.2) is 33.7 Å². The molecule has 0 saturated heterocycles. The Hall–Kier alpha value is -4.06.